The minimum absolute atomic E-state index is 0.109. The first kappa shape index (κ1) is 16.7. The summed E-state index contributed by atoms with van der Waals surface area (Å²) in [5.41, 5.74) is 0.379. The number of benzene rings is 1. The largest absolute Gasteiger partial charge is 0.489 e. The summed E-state index contributed by atoms with van der Waals surface area (Å²) in [6, 6.07) is 6.80. The van der Waals surface area contributed by atoms with Crippen molar-refractivity contribution in [2.75, 3.05) is 20.3 Å². The van der Waals surface area contributed by atoms with Gasteiger partial charge in [0.1, 0.15) is 12.4 Å². The average Bonchev–Trinajstić information content (AvgIpc) is 2.48. The summed E-state index contributed by atoms with van der Waals surface area (Å²) in [5, 5.41) is 11.4. The molecule has 1 unspecified atom stereocenters. The predicted molar refractivity (Wildman–Crippen MR) is 77.5 cm³/mol. The molecule has 0 saturated heterocycles. The van der Waals surface area contributed by atoms with Gasteiger partial charge < -0.3 is 19.9 Å². The number of hydrogen-bond acceptors (Lipinski definition) is 4. The lowest BCUT2D eigenvalue weighted by Gasteiger charge is -2.15. The maximum Gasteiger partial charge on any atom is 0.306 e. The molecule has 1 aromatic carbocycles. The minimum atomic E-state index is -0.981. The molecule has 21 heavy (non-hydrogen) atoms. The van der Waals surface area contributed by atoms with Gasteiger partial charge in [-0.25, -0.2) is 0 Å². The summed E-state index contributed by atoms with van der Waals surface area (Å²) >= 11 is 0. The number of carbonyl (C=O) groups excluding carboxylic acids is 1. The normalized spacial score (nSPS) is 11.5. The molecule has 1 atom stereocenters. The Balaban J connectivity index is 2.66. The van der Waals surface area contributed by atoms with Gasteiger partial charge in [0.2, 0.25) is 0 Å². The van der Waals surface area contributed by atoms with Crippen molar-refractivity contribution in [3.8, 4) is 5.75 Å². The van der Waals surface area contributed by atoms with Gasteiger partial charge in [-0.1, -0.05) is 24.8 Å². The van der Waals surface area contributed by atoms with Crippen LogP contribution in [0.1, 0.15) is 16.8 Å². The second kappa shape index (κ2) is 8.76. The summed E-state index contributed by atoms with van der Waals surface area (Å²) < 4.78 is 10.4. The number of hydrogen-bond donors (Lipinski definition) is 2. The van der Waals surface area contributed by atoms with Crippen LogP contribution in [0.3, 0.4) is 0 Å². The van der Waals surface area contributed by atoms with E-state index in [0.29, 0.717) is 17.9 Å². The SMILES string of the molecule is C=CCOc1ccccc1C(=O)NCC(CC(=O)O)OC. The quantitative estimate of drug-likeness (QED) is 0.673. The molecule has 0 radical (unpaired) electrons. The van der Waals surface area contributed by atoms with Crippen LogP contribution in [0, 0.1) is 0 Å². The van der Waals surface area contributed by atoms with Crippen LogP contribution < -0.4 is 10.1 Å². The van der Waals surface area contributed by atoms with E-state index in [1.54, 1.807) is 30.3 Å². The predicted octanol–water partition coefficient (Wildman–Crippen LogP) is 1.47. The maximum atomic E-state index is 12.1. The van der Waals surface area contributed by atoms with E-state index < -0.39 is 12.1 Å². The van der Waals surface area contributed by atoms with E-state index in [1.165, 1.54) is 7.11 Å². The van der Waals surface area contributed by atoms with E-state index in [1.807, 2.05) is 0 Å². The highest BCUT2D eigenvalue weighted by molar-refractivity contribution is 5.96. The van der Waals surface area contributed by atoms with E-state index in [4.69, 9.17) is 14.6 Å². The van der Waals surface area contributed by atoms with Gasteiger partial charge in [0.15, 0.2) is 0 Å². The Bertz CT molecular complexity index is 501. The van der Waals surface area contributed by atoms with Gasteiger partial charge in [-0.2, -0.15) is 0 Å². The number of methoxy groups -OCH3 is 1. The van der Waals surface area contributed by atoms with Crippen LogP contribution in [0.2, 0.25) is 0 Å². The Morgan fingerprint density at radius 1 is 1.43 bits per heavy atom. The van der Waals surface area contributed by atoms with Gasteiger partial charge in [-0.15, -0.1) is 0 Å². The summed E-state index contributed by atoms with van der Waals surface area (Å²) in [5.74, 6) is -0.880. The number of aliphatic carboxylic acids is 1. The molecule has 0 aromatic heterocycles. The highest BCUT2D eigenvalue weighted by Gasteiger charge is 2.16. The molecular formula is C15H19NO5. The van der Waals surface area contributed by atoms with Gasteiger partial charge in [0, 0.05) is 13.7 Å². The number of nitrogens with one attached hydrogen (secondary N) is 1. The topological polar surface area (TPSA) is 84.9 Å². The standard InChI is InChI=1S/C15H19NO5/c1-3-8-21-13-7-5-4-6-12(13)15(19)16-10-11(20-2)9-14(17)18/h3-7,11H,1,8-10H2,2H3,(H,16,19)(H,17,18). The number of ether oxygens (including phenoxy) is 2. The summed E-state index contributed by atoms with van der Waals surface area (Å²) in [6.45, 7) is 3.95. The lowest BCUT2D eigenvalue weighted by atomic mass is 10.1. The van der Waals surface area contributed by atoms with Gasteiger partial charge in [0.25, 0.3) is 5.91 Å². The van der Waals surface area contributed by atoms with Crippen molar-refractivity contribution < 1.29 is 24.2 Å². The second-order valence-electron chi connectivity index (χ2n) is 4.26. The van der Waals surface area contributed by atoms with Crippen molar-refractivity contribution >= 4 is 11.9 Å². The number of carboxylic acids is 1. The second-order valence-corrected chi connectivity index (χ2v) is 4.26. The zero-order chi connectivity index (χ0) is 15.7. The summed E-state index contributed by atoms with van der Waals surface area (Å²) in [4.78, 5) is 22.7. The van der Waals surface area contributed by atoms with Gasteiger partial charge in [-0.3, -0.25) is 9.59 Å². The first-order valence-electron chi connectivity index (χ1n) is 6.44. The molecule has 1 rings (SSSR count). The number of para-hydroxylation sites is 1. The smallest absolute Gasteiger partial charge is 0.306 e. The van der Waals surface area contributed by atoms with Crippen molar-refractivity contribution in [3.63, 3.8) is 0 Å². The molecule has 6 heteroatoms. The number of amides is 1. The lowest BCUT2D eigenvalue weighted by Crippen LogP contribution is -2.34. The van der Waals surface area contributed by atoms with E-state index in [2.05, 4.69) is 11.9 Å². The third-order valence-corrected chi connectivity index (χ3v) is 2.71. The van der Waals surface area contributed by atoms with Crippen LogP contribution in [0.15, 0.2) is 36.9 Å². The molecule has 1 amide bonds. The van der Waals surface area contributed by atoms with E-state index in [9.17, 15) is 9.59 Å². The molecule has 6 nitrogen and oxygen atoms in total. The lowest BCUT2D eigenvalue weighted by molar-refractivity contribution is -0.139. The summed E-state index contributed by atoms with van der Waals surface area (Å²) in [6.07, 6.45) is 0.834. The molecule has 0 fully saturated rings. The monoisotopic (exact) mass is 293 g/mol. The molecule has 2 N–H and O–H groups in total. The first-order valence-corrected chi connectivity index (χ1v) is 6.44. The van der Waals surface area contributed by atoms with Crippen LogP contribution in [0.5, 0.6) is 5.75 Å². The van der Waals surface area contributed by atoms with Crippen molar-refractivity contribution in [2.45, 2.75) is 12.5 Å². The molecule has 0 bridgehead atoms. The van der Waals surface area contributed by atoms with E-state index in [-0.39, 0.29) is 18.9 Å². The van der Waals surface area contributed by atoms with Crippen LogP contribution in [-0.2, 0) is 9.53 Å². The van der Waals surface area contributed by atoms with Crippen molar-refractivity contribution in [1.82, 2.24) is 5.32 Å². The minimum Gasteiger partial charge on any atom is -0.489 e. The van der Waals surface area contributed by atoms with Gasteiger partial charge in [0.05, 0.1) is 18.1 Å². The van der Waals surface area contributed by atoms with Crippen molar-refractivity contribution in [3.05, 3.63) is 42.5 Å². The molecule has 0 spiro atoms. The van der Waals surface area contributed by atoms with Crippen LogP contribution in [0.4, 0.5) is 0 Å². The Morgan fingerprint density at radius 3 is 2.76 bits per heavy atom. The third kappa shape index (κ3) is 5.66. The number of carboxylic acid groups (broad SMARTS) is 1. The fourth-order valence-electron chi connectivity index (χ4n) is 1.66. The zero-order valence-corrected chi connectivity index (χ0v) is 11.9. The van der Waals surface area contributed by atoms with Gasteiger partial charge in [-0.05, 0) is 12.1 Å². The zero-order valence-electron chi connectivity index (χ0n) is 11.9. The third-order valence-electron chi connectivity index (χ3n) is 2.71. The Kier molecular flexibility index (Phi) is 6.97. The summed E-state index contributed by atoms with van der Waals surface area (Å²) in [7, 11) is 1.40. The fourth-order valence-corrected chi connectivity index (χ4v) is 1.66. The van der Waals surface area contributed by atoms with Crippen molar-refractivity contribution in [1.29, 1.82) is 0 Å². The van der Waals surface area contributed by atoms with Crippen LogP contribution >= 0.6 is 0 Å². The van der Waals surface area contributed by atoms with E-state index >= 15 is 0 Å². The highest BCUT2D eigenvalue weighted by Crippen LogP contribution is 2.17. The molecular weight excluding hydrogens is 274 g/mol. The number of rotatable bonds is 9. The fraction of sp³-hybridized carbons (Fsp3) is 0.333. The molecule has 1 aromatic rings. The van der Waals surface area contributed by atoms with E-state index in [0.717, 1.165) is 0 Å². The number of carbonyl (C=O) groups is 2. The Labute approximate surface area is 123 Å². The highest BCUT2D eigenvalue weighted by atomic mass is 16.5. The molecule has 114 valence electrons. The van der Waals surface area contributed by atoms with Crippen LogP contribution in [-0.4, -0.2) is 43.3 Å². The molecule has 0 aliphatic rings. The molecule has 0 aliphatic carbocycles. The molecule has 0 saturated carbocycles. The van der Waals surface area contributed by atoms with Crippen LogP contribution in [0.25, 0.3) is 0 Å². The maximum absolute atomic E-state index is 12.1. The Morgan fingerprint density at radius 2 is 2.14 bits per heavy atom. The van der Waals surface area contributed by atoms with Gasteiger partial charge >= 0.3 is 5.97 Å². The molecule has 0 aliphatic heterocycles. The average molecular weight is 293 g/mol. The molecule has 0 heterocycles. The van der Waals surface area contributed by atoms with Crippen molar-refractivity contribution in [2.24, 2.45) is 0 Å². The Hall–Kier alpha value is -2.34. The first-order chi connectivity index (χ1) is 10.1.